The Bertz CT molecular complexity index is 73.7. The fourth-order valence-electron chi connectivity index (χ4n) is 0. The molecule has 6 nitrogen and oxygen atoms in total. The van der Waals surface area contributed by atoms with Gasteiger partial charge in [-0.05, 0) is 0 Å². The van der Waals surface area contributed by atoms with Crippen LogP contribution >= 0.6 is 0 Å². The van der Waals surface area contributed by atoms with Crippen molar-refractivity contribution in [2.24, 2.45) is 0 Å². The summed E-state index contributed by atoms with van der Waals surface area (Å²) < 4.78 is 45.7. The number of rotatable bonds is 0. The Labute approximate surface area is 141 Å². The van der Waals surface area contributed by atoms with Crippen molar-refractivity contribution in [3.63, 3.8) is 0 Å². The van der Waals surface area contributed by atoms with E-state index in [1.54, 1.807) is 0 Å². The van der Waals surface area contributed by atoms with Crippen LogP contribution in [0.2, 0.25) is 0 Å². The molecule has 0 aliphatic rings. The first-order valence-corrected chi connectivity index (χ1v) is 3.19. The molecule has 0 amide bonds. The van der Waals surface area contributed by atoms with Gasteiger partial charge in [0.15, 0.2) is 0 Å². The first kappa shape index (κ1) is 23.2. The molecule has 10 heteroatoms. The molecule has 0 bridgehead atoms. The van der Waals surface area contributed by atoms with E-state index in [0.29, 0.717) is 0 Å². The van der Waals surface area contributed by atoms with Crippen molar-refractivity contribution in [3.05, 3.63) is 0 Å². The third-order valence-electron chi connectivity index (χ3n) is 0. The first-order valence-electron chi connectivity index (χ1n) is 1.06. The van der Waals surface area contributed by atoms with Crippen molar-refractivity contribution < 1.29 is 76.0 Å². The summed E-state index contributed by atoms with van der Waals surface area (Å²) in [5.74, 6) is 0. The van der Waals surface area contributed by atoms with E-state index >= 15 is 0 Å². The van der Waals surface area contributed by atoms with E-state index in [2.05, 4.69) is 0 Å². The van der Waals surface area contributed by atoms with E-state index in [-0.39, 0.29) is 94.9 Å². The van der Waals surface area contributed by atoms with Crippen molar-refractivity contribution in [1.82, 2.24) is 0 Å². The standard InChI is InChI=1S/Eu.2H2O3S.Sr.2H/c;2*1-4(2)3;;;/h;2*(H2,1,2,3);;;. The topological polar surface area (TPSA) is 115 Å². The molecule has 0 saturated carbocycles. The fraction of sp³-hybridized carbons (Fsp3) is 0. The third-order valence-corrected chi connectivity index (χ3v) is 0. The van der Waals surface area contributed by atoms with Crippen LogP contribution in [0.5, 0.6) is 0 Å². The van der Waals surface area contributed by atoms with E-state index < -0.39 is 22.7 Å². The second-order valence-corrected chi connectivity index (χ2v) is 1.38. The van der Waals surface area contributed by atoms with Gasteiger partial charge < -0.3 is 0 Å². The monoisotopic (exact) mass is 407 g/mol. The molecule has 0 fully saturated rings. The predicted octanol–water partition coefficient (Wildman–Crippen LogP) is -1.55. The van der Waals surface area contributed by atoms with Crippen LogP contribution in [0.15, 0.2) is 0 Å². The Morgan fingerprint density at radius 2 is 0.800 bits per heavy atom. The van der Waals surface area contributed by atoms with Crippen molar-refractivity contribution in [1.29, 1.82) is 0 Å². The molecule has 1 radical (unpaired) electrons. The van der Waals surface area contributed by atoms with E-state index in [4.69, 9.17) is 26.6 Å². The summed E-state index contributed by atoms with van der Waals surface area (Å²) in [4.78, 5) is 0. The van der Waals surface area contributed by atoms with Gasteiger partial charge in [-0.25, -0.2) is 0 Å². The van der Waals surface area contributed by atoms with Crippen LogP contribution in [0, 0.1) is 49.4 Å². The van der Waals surface area contributed by atoms with Crippen LogP contribution in [0.3, 0.4) is 0 Å². The van der Waals surface area contributed by atoms with Crippen molar-refractivity contribution in [3.8, 4) is 0 Å². The van der Waals surface area contributed by atoms with Crippen molar-refractivity contribution in [2.45, 2.75) is 0 Å². The molecule has 0 unspecified atom stereocenters. The molecule has 10 heavy (non-hydrogen) atoms. The maximum atomic E-state index is 8.67. The Morgan fingerprint density at radius 1 is 0.800 bits per heavy atom. The van der Waals surface area contributed by atoms with Crippen LogP contribution in [0.1, 0.15) is 0 Å². The van der Waals surface area contributed by atoms with Gasteiger partial charge in [0.05, 0.1) is 0 Å². The zero-order valence-corrected chi connectivity index (χ0v) is 7.86. The second kappa shape index (κ2) is 18.1. The quantitative estimate of drug-likeness (QED) is 0.286. The van der Waals surface area contributed by atoms with Crippen LogP contribution < -0.4 is 0 Å². The van der Waals surface area contributed by atoms with E-state index in [1.807, 2.05) is 0 Å². The van der Waals surface area contributed by atoms with Gasteiger partial charge in [-0.3, -0.25) is 18.2 Å². The molecule has 0 aromatic heterocycles. The fourth-order valence-corrected chi connectivity index (χ4v) is 0. The minimum absolute atomic E-state index is 0. The molecule has 0 saturated heterocycles. The summed E-state index contributed by atoms with van der Waals surface area (Å²) in [5, 5.41) is 0. The summed E-state index contributed by atoms with van der Waals surface area (Å²) in [5.41, 5.74) is 0. The molecule has 0 spiro atoms. The van der Waals surface area contributed by atoms with E-state index in [9.17, 15) is 0 Å². The van der Waals surface area contributed by atoms with Crippen molar-refractivity contribution >= 4 is 68.2 Å². The average molecular weight is 406 g/mol. The molecular weight excluding hydrogens is 400 g/mol. The van der Waals surface area contributed by atoms with Gasteiger partial charge in [-0.1, -0.05) is 0 Å². The van der Waals surface area contributed by atoms with Gasteiger partial charge in [0.1, 0.15) is 0 Å². The van der Waals surface area contributed by atoms with Gasteiger partial charge in [-0.2, -0.15) is 8.42 Å². The molecule has 4 N–H and O–H groups in total. The zero-order chi connectivity index (χ0) is 7.15. The Balaban J connectivity index is -0.0000000300. The second-order valence-electron chi connectivity index (χ2n) is 0.461. The Hall–Kier alpha value is 3.20. The molecule has 63 valence electrons. The molecular formula is H6EuO6S2Sr. The number of hydrogen-bond acceptors (Lipinski definition) is 2. The van der Waals surface area contributed by atoms with Crippen LogP contribution in [-0.2, 0) is 22.7 Å². The molecule has 0 aromatic carbocycles. The van der Waals surface area contributed by atoms with Gasteiger partial charge in [0, 0.05) is 49.4 Å². The zero-order valence-electron chi connectivity index (χ0n) is 3.80. The molecule has 0 aliphatic heterocycles. The minimum atomic E-state index is -2.61. The molecule has 0 heterocycles. The Kier molecular flexibility index (Phi) is 42.0. The Morgan fingerprint density at radius 3 is 0.800 bits per heavy atom. The summed E-state index contributed by atoms with van der Waals surface area (Å²) in [6.45, 7) is 0. The van der Waals surface area contributed by atoms with Crippen LogP contribution in [-0.4, -0.2) is 72.1 Å². The summed E-state index contributed by atoms with van der Waals surface area (Å²) >= 11 is -5.22. The van der Waals surface area contributed by atoms with Crippen LogP contribution in [0.25, 0.3) is 0 Å². The van der Waals surface area contributed by atoms with Gasteiger partial charge in [-0.15, -0.1) is 0 Å². The molecule has 0 aliphatic carbocycles. The van der Waals surface area contributed by atoms with Crippen molar-refractivity contribution in [2.75, 3.05) is 0 Å². The molecule has 0 aromatic rings. The van der Waals surface area contributed by atoms with Gasteiger partial charge in [0.25, 0.3) is 22.7 Å². The molecule has 0 rings (SSSR count). The number of hydrogen-bond donors (Lipinski definition) is 4. The first-order chi connectivity index (χ1) is 3.46. The van der Waals surface area contributed by atoms with E-state index in [1.165, 1.54) is 0 Å². The SMILES string of the molecule is O=S(O)O.O=S(O)O.[Eu].[SrH2]. The maximum absolute atomic E-state index is 8.67. The van der Waals surface area contributed by atoms with Crippen LogP contribution in [0.4, 0.5) is 0 Å². The summed E-state index contributed by atoms with van der Waals surface area (Å²) in [7, 11) is 0. The summed E-state index contributed by atoms with van der Waals surface area (Å²) in [6, 6.07) is 0. The van der Waals surface area contributed by atoms with Gasteiger partial charge in [0.2, 0.25) is 0 Å². The predicted molar refractivity (Wildman–Crippen MR) is 35.3 cm³/mol. The summed E-state index contributed by atoms with van der Waals surface area (Å²) in [6.07, 6.45) is 0. The third kappa shape index (κ3) is 114. The normalized spacial score (nSPS) is 7.00. The molecule has 0 atom stereocenters. The van der Waals surface area contributed by atoms with Gasteiger partial charge >= 0.3 is 45.5 Å². The average Bonchev–Trinajstić information content (AvgIpc) is 1.25. The van der Waals surface area contributed by atoms with E-state index in [0.717, 1.165) is 0 Å².